The van der Waals surface area contributed by atoms with Crippen molar-refractivity contribution in [2.45, 2.75) is 19.4 Å². The topological polar surface area (TPSA) is 84.5 Å². The summed E-state index contributed by atoms with van der Waals surface area (Å²) < 4.78 is 18.0. The molecular weight excluding hydrogens is 339 g/mol. The molecule has 0 aromatic heterocycles. The maximum atomic E-state index is 13.3. The molecular formula is C19H19FN2O4. The summed E-state index contributed by atoms with van der Waals surface area (Å²) in [5, 5.41) is 5.19. The molecule has 0 fully saturated rings. The quantitative estimate of drug-likeness (QED) is 0.776. The van der Waals surface area contributed by atoms with Crippen LogP contribution in [0.2, 0.25) is 0 Å². The second-order valence-corrected chi connectivity index (χ2v) is 5.64. The predicted octanol–water partition coefficient (Wildman–Crippen LogP) is 2.30. The maximum Gasteiger partial charge on any atom is 0.328 e. The number of esters is 1. The zero-order valence-electron chi connectivity index (χ0n) is 14.4. The highest BCUT2D eigenvalue weighted by molar-refractivity contribution is 5.97. The third kappa shape index (κ3) is 5.41. The SMILES string of the molecule is COC(=O)[C@H](Cc1cccc(F)c1)NC(=O)c1ccc(NC(C)=O)cc1. The van der Waals surface area contributed by atoms with E-state index in [1.807, 2.05) is 0 Å². The maximum absolute atomic E-state index is 13.3. The lowest BCUT2D eigenvalue weighted by Crippen LogP contribution is -2.43. The molecule has 0 unspecified atom stereocenters. The van der Waals surface area contributed by atoms with Gasteiger partial charge in [-0.15, -0.1) is 0 Å². The Balaban J connectivity index is 2.10. The summed E-state index contributed by atoms with van der Waals surface area (Å²) in [6.45, 7) is 1.38. The first kappa shape index (κ1) is 19.1. The van der Waals surface area contributed by atoms with Crippen LogP contribution in [-0.2, 0) is 20.7 Å². The van der Waals surface area contributed by atoms with E-state index in [1.54, 1.807) is 18.2 Å². The molecule has 1 atom stereocenters. The van der Waals surface area contributed by atoms with Gasteiger partial charge in [-0.05, 0) is 42.0 Å². The number of anilines is 1. The van der Waals surface area contributed by atoms with Gasteiger partial charge in [0.25, 0.3) is 5.91 Å². The summed E-state index contributed by atoms with van der Waals surface area (Å²) in [4.78, 5) is 35.4. The molecule has 0 aliphatic rings. The van der Waals surface area contributed by atoms with Crippen molar-refractivity contribution in [3.63, 3.8) is 0 Å². The lowest BCUT2D eigenvalue weighted by molar-refractivity contribution is -0.142. The molecule has 2 aromatic rings. The molecule has 2 rings (SSSR count). The Bertz CT molecular complexity index is 805. The van der Waals surface area contributed by atoms with Gasteiger partial charge in [0.1, 0.15) is 11.9 Å². The van der Waals surface area contributed by atoms with Crippen LogP contribution < -0.4 is 10.6 Å². The van der Waals surface area contributed by atoms with Crippen LogP contribution in [0.4, 0.5) is 10.1 Å². The van der Waals surface area contributed by atoms with Crippen molar-refractivity contribution >= 4 is 23.5 Å². The summed E-state index contributed by atoms with van der Waals surface area (Å²) in [5.74, 6) is -1.75. The number of halogens is 1. The largest absolute Gasteiger partial charge is 0.467 e. The summed E-state index contributed by atoms with van der Waals surface area (Å²) >= 11 is 0. The highest BCUT2D eigenvalue weighted by Crippen LogP contribution is 2.11. The number of ether oxygens (including phenoxy) is 1. The number of hydrogen-bond acceptors (Lipinski definition) is 4. The van der Waals surface area contributed by atoms with Crippen LogP contribution in [0.5, 0.6) is 0 Å². The van der Waals surface area contributed by atoms with Crippen molar-refractivity contribution in [2.75, 3.05) is 12.4 Å². The first-order valence-corrected chi connectivity index (χ1v) is 7.90. The number of nitrogens with one attached hydrogen (secondary N) is 2. The Morgan fingerprint density at radius 3 is 2.38 bits per heavy atom. The molecule has 0 saturated heterocycles. The standard InChI is InChI=1S/C19H19FN2O4/c1-12(23)21-16-8-6-14(7-9-16)18(24)22-17(19(25)26-2)11-13-4-3-5-15(20)10-13/h3-10,17H,11H2,1-2H3,(H,21,23)(H,22,24)/t17-/m0/s1. The Morgan fingerprint density at radius 2 is 1.81 bits per heavy atom. The minimum Gasteiger partial charge on any atom is -0.467 e. The first-order valence-electron chi connectivity index (χ1n) is 7.90. The van der Waals surface area contributed by atoms with Gasteiger partial charge in [0.15, 0.2) is 0 Å². The Kier molecular flexibility index (Phi) is 6.43. The van der Waals surface area contributed by atoms with E-state index in [2.05, 4.69) is 10.6 Å². The van der Waals surface area contributed by atoms with E-state index >= 15 is 0 Å². The second-order valence-electron chi connectivity index (χ2n) is 5.64. The molecule has 7 heteroatoms. The third-order valence-electron chi connectivity index (χ3n) is 3.59. The van der Waals surface area contributed by atoms with E-state index in [0.717, 1.165) is 0 Å². The highest BCUT2D eigenvalue weighted by atomic mass is 19.1. The number of carbonyl (C=O) groups is 3. The third-order valence-corrected chi connectivity index (χ3v) is 3.59. The lowest BCUT2D eigenvalue weighted by atomic mass is 10.1. The number of amides is 2. The van der Waals surface area contributed by atoms with Crippen LogP contribution in [0.1, 0.15) is 22.8 Å². The van der Waals surface area contributed by atoms with Crippen LogP contribution in [0.25, 0.3) is 0 Å². The average Bonchev–Trinajstić information content (AvgIpc) is 2.60. The zero-order valence-corrected chi connectivity index (χ0v) is 14.4. The fraction of sp³-hybridized carbons (Fsp3) is 0.211. The molecule has 2 amide bonds. The van der Waals surface area contributed by atoms with Crippen molar-refractivity contribution in [1.29, 1.82) is 0 Å². The summed E-state index contributed by atoms with van der Waals surface area (Å²) in [7, 11) is 1.22. The van der Waals surface area contributed by atoms with E-state index in [-0.39, 0.29) is 12.3 Å². The molecule has 0 radical (unpaired) electrons. The van der Waals surface area contributed by atoms with Crippen LogP contribution in [0.3, 0.4) is 0 Å². The van der Waals surface area contributed by atoms with Gasteiger partial charge in [0, 0.05) is 24.6 Å². The van der Waals surface area contributed by atoms with Crippen molar-refractivity contribution < 1.29 is 23.5 Å². The Labute approximate surface area is 150 Å². The van der Waals surface area contributed by atoms with Gasteiger partial charge in [-0.3, -0.25) is 9.59 Å². The molecule has 0 bridgehead atoms. The normalized spacial score (nSPS) is 11.3. The number of benzene rings is 2. The highest BCUT2D eigenvalue weighted by Gasteiger charge is 2.22. The molecule has 0 saturated carbocycles. The molecule has 2 N–H and O–H groups in total. The Morgan fingerprint density at radius 1 is 1.12 bits per heavy atom. The van der Waals surface area contributed by atoms with E-state index in [1.165, 1.54) is 44.4 Å². The smallest absolute Gasteiger partial charge is 0.328 e. The van der Waals surface area contributed by atoms with Gasteiger partial charge in [-0.1, -0.05) is 12.1 Å². The second kappa shape index (κ2) is 8.75. The number of hydrogen-bond donors (Lipinski definition) is 2. The van der Waals surface area contributed by atoms with Crippen LogP contribution in [0.15, 0.2) is 48.5 Å². The molecule has 6 nitrogen and oxygen atoms in total. The lowest BCUT2D eigenvalue weighted by Gasteiger charge is -2.17. The van der Waals surface area contributed by atoms with E-state index in [4.69, 9.17) is 4.74 Å². The van der Waals surface area contributed by atoms with Gasteiger partial charge in [0.05, 0.1) is 7.11 Å². The van der Waals surface area contributed by atoms with Crippen molar-refractivity contribution in [1.82, 2.24) is 5.32 Å². The fourth-order valence-electron chi connectivity index (χ4n) is 2.38. The van der Waals surface area contributed by atoms with Crippen LogP contribution in [-0.4, -0.2) is 30.9 Å². The summed E-state index contributed by atoms with van der Waals surface area (Å²) in [6, 6.07) is 11.0. The number of methoxy groups -OCH3 is 1. The number of rotatable bonds is 6. The predicted molar refractivity (Wildman–Crippen MR) is 94.1 cm³/mol. The van der Waals surface area contributed by atoms with E-state index in [0.29, 0.717) is 16.8 Å². The van der Waals surface area contributed by atoms with Crippen LogP contribution in [0, 0.1) is 5.82 Å². The molecule has 2 aromatic carbocycles. The van der Waals surface area contributed by atoms with Crippen molar-refractivity contribution in [3.8, 4) is 0 Å². The van der Waals surface area contributed by atoms with Gasteiger partial charge >= 0.3 is 5.97 Å². The molecule has 0 spiro atoms. The van der Waals surface area contributed by atoms with Gasteiger partial charge in [0.2, 0.25) is 5.91 Å². The van der Waals surface area contributed by atoms with Crippen molar-refractivity contribution in [3.05, 3.63) is 65.5 Å². The Hall–Kier alpha value is -3.22. The minimum atomic E-state index is -0.954. The molecule has 0 aliphatic heterocycles. The number of carbonyl (C=O) groups excluding carboxylic acids is 3. The minimum absolute atomic E-state index is 0.0974. The van der Waals surface area contributed by atoms with E-state index < -0.39 is 23.7 Å². The first-order chi connectivity index (χ1) is 12.4. The molecule has 136 valence electrons. The van der Waals surface area contributed by atoms with E-state index in [9.17, 15) is 18.8 Å². The summed E-state index contributed by atoms with van der Waals surface area (Å²) in [6.07, 6.45) is 0.0974. The summed E-state index contributed by atoms with van der Waals surface area (Å²) in [5.41, 5.74) is 1.42. The zero-order chi connectivity index (χ0) is 19.1. The van der Waals surface area contributed by atoms with Gasteiger partial charge in [-0.2, -0.15) is 0 Å². The van der Waals surface area contributed by atoms with Gasteiger partial charge in [-0.25, -0.2) is 9.18 Å². The van der Waals surface area contributed by atoms with Crippen molar-refractivity contribution in [2.24, 2.45) is 0 Å². The molecule has 0 aliphatic carbocycles. The van der Waals surface area contributed by atoms with Gasteiger partial charge < -0.3 is 15.4 Å². The van der Waals surface area contributed by atoms with Crippen LogP contribution >= 0.6 is 0 Å². The average molecular weight is 358 g/mol. The monoisotopic (exact) mass is 358 g/mol. The fourth-order valence-corrected chi connectivity index (χ4v) is 2.38. The molecule has 0 heterocycles. The molecule has 26 heavy (non-hydrogen) atoms.